The fraction of sp³-hybridized carbons (Fsp3) is 0.769. The third-order valence-electron chi connectivity index (χ3n) is 4.27. The van der Waals surface area contributed by atoms with Crippen LogP contribution in [-0.4, -0.2) is 15.8 Å². The van der Waals surface area contributed by atoms with E-state index in [9.17, 15) is 0 Å². The molecule has 1 saturated carbocycles. The summed E-state index contributed by atoms with van der Waals surface area (Å²) in [5.74, 6) is 5.74. The Labute approximate surface area is 104 Å². The molecular weight excluding hydrogens is 212 g/mol. The van der Waals surface area contributed by atoms with Crippen LogP contribution >= 0.6 is 0 Å². The standard InChI is InChI=1S/C13H24N4/c1-13(7-3-4-8-13)12(16-14)6-5-11-9-15-17(2)10-11/h9-10,12,16H,3-8,14H2,1-2H3. The highest BCUT2D eigenvalue weighted by Gasteiger charge is 2.35. The molecule has 1 unspecified atom stereocenters. The lowest BCUT2D eigenvalue weighted by atomic mass is 9.78. The highest BCUT2D eigenvalue weighted by Crippen LogP contribution is 2.41. The van der Waals surface area contributed by atoms with Crippen LogP contribution in [0.3, 0.4) is 0 Å². The minimum atomic E-state index is 0.386. The van der Waals surface area contributed by atoms with E-state index in [-0.39, 0.29) is 0 Å². The van der Waals surface area contributed by atoms with Crippen LogP contribution in [0, 0.1) is 5.41 Å². The molecule has 0 aromatic carbocycles. The number of nitrogens with one attached hydrogen (secondary N) is 1. The summed E-state index contributed by atoms with van der Waals surface area (Å²) in [6, 6.07) is 0.421. The molecule has 0 amide bonds. The maximum absolute atomic E-state index is 5.74. The topological polar surface area (TPSA) is 55.9 Å². The Morgan fingerprint density at radius 2 is 2.24 bits per heavy atom. The number of hydrogen-bond acceptors (Lipinski definition) is 3. The zero-order valence-corrected chi connectivity index (χ0v) is 10.9. The van der Waals surface area contributed by atoms with Gasteiger partial charge in [-0.2, -0.15) is 5.10 Å². The van der Waals surface area contributed by atoms with E-state index in [1.165, 1.54) is 31.2 Å². The first kappa shape index (κ1) is 12.6. The van der Waals surface area contributed by atoms with Crippen molar-refractivity contribution in [1.82, 2.24) is 15.2 Å². The third kappa shape index (κ3) is 2.87. The fourth-order valence-corrected chi connectivity index (χ4v) is 3.08. The number of rotatable bonds is 5. The van der Waals surface area contributed by atoms with Gasteiger partial charge in [0.15, 0.2) is 0 Å². The van der Waals surface area contributed by atoms with Gasteiger partial charge in [-0.3, -0.25) is 16.0 Å². The lowest BCUT2D eigenvalue weighted by molar-refractivity contribution is 0.211. The molecule has 1 heterocycles. The van der Waals surface area contributed by atoms with Gasteiger partial charge in [-0.05, 0) is 36.7 Å². The summed E-state index contributed by atoms with van der Waals surface area (Å²) in [7, 11) is 1.96. The average molecular weight is 236 g/mol. The van der Waals surface area contributed by atoms with Crippen molar-refractivity contribution in [1.29, 1.82) is 0 Å². The molecule has 2 rings (SSSR count). The highest BCUT2D eigenvalue weighted by molar-refractivity contribution is 5.05. The number of aryl methyl sites for hydroxylation is 2. The molecule has 1 aromatic heterocycles. The zero-order chi connectivity index (χ0) is 12.3. The van der Waals surface area contributed by atoms with Gasteiger partial charge in [-0.25, -0.2) is 0 Å². The fourth-order valence-electron chi connectivity index (χ4n) is 3.08. The van der Waals surface area contributed by atoms with E-state index in [0.717, 1.165) is 12.8 Å². The quantitative estimate of drug-likeness (QED) is 0.605. The summed E-state index contributed by atoms with van der Waals surface area (Å²) in [5.41, 5.74) is 4.72. The molecular formula is C13H24N4. The zero-order valence-electron chi connectivity index (χ0n) is 10.9. The van der Waals surface area contributed by atoms with E-state index < -0.39 is 0 Å². The lowest BCUT2D eigenvalue weighted by Gasteiger charge is -2.33. The van der Waals surface area contributed by atoms with Gasteiger partial charge in [0.1, 0.15) is 0 Å². The Morgan fingerprint density at radius 3 is 2.76 bits per heavy atom. The van der Waals surface area contributed by atoms with Crippen molar-refractivity contribution in [3.63, 3.8) is 0 Å². The number of hydrazine groups is 1. The maximum atomic E-state index is 5.74. The van der Waals surface area contributed by atoms with Gasteiger partial charge in [-0.15, -0.1) is 0 Å². The molecule has 1 aliphatic carbocycles. The molecule has 0 bridgehead atoms. The first-order valence-electron chi connectivity index (χ1n) is 6.58. The summed E-state index contributed by atoms with van der Waals surface area (Å²) in [6.45, 7) is 2.37. The summed E-state index contributed by atoms with van der Waals surface area (Å²) < 4.78 is 1.86. The van der Waals surface area contributed by atoms with Gasteiger partial charge < -0.3 is 0 Å². The molecule has 4 nitrogen and oxygen atoms in total. The molecule has 0 aliphatic heterocycles. The summed E-state index contributed by atoms with van der Waals surface area (Å²) in [4.78, 5) is 0. The molecule has 1 aromatic rings. The molecule has 1 aliphatic rings. The molecule has 0 spiro atoms. The van der Waals surface area contributed by atoms with E-state index in [4.69, 9.17) is 5.84 Å². The summed E-state index contributed by atoms with van der Waals surface area (Å²) >= 11 is 0. The monoisotopic (exact) mass is 236 g/mol. The van der Waals surface area contributed by atoms with Gasteiger partial charge in [0, 0.05) is 19.3 Å². The summed E-state index contributed by atoms with van der Waals surface area (Å²) in [6.07, 6.45) is 11.5. The molecule has 1 atom stereocenters. The van der Waals surface area contributed by atoms with E-state index in [1.807, 2.05) is 17.9 Å². The molecule has 0 saturated heterocycles. The molecule has 4 heteroatoms. The minimum absolute atomic E-state index is 0.386. The predicted octanol–water partition coefficient (Wildman–Crippen LogP) is 1.76. The molecule has 1 fully saturated rings. The molecule has 17 heavy (non-hydrogen) atoms. The maximum Gasteiger partial charge on any atom is 0.0521 e. The van der Waals surface area contributed by atoms with Crippen LogP contribution in [0.5, 0.6) is 0 Å². The molecule has 96 valence electrons. The Kier molecular flexibility index (Phi) is 3.84. The van der Waals surface area contributed by atoms with Crippen molar-refractivity contribution in [3.05, 3.63) is 18.0 Å². The second-order valence-corrected chi connectivity index (χ2v) is 5.64. The van der Waals surface area contributed by atoms with Crippen LogP contribution in [0.2, 0.25) is 0 Å². The number of nitrogens with two attached hydrogens (primary N) is 1. The largest absolute Gasteiger partial charge is 0.276 e. The Bertz CT molecular complexity index is 352. The number of nitrogens with zero attached hydrogens (tertiary/aromatic N) is 2. The van der Waals surface area contributed by atoms with Gasteiger partial charge in [0.05, 0.1) is 6.20 Å². The van der Waals surface area contributed by atoms with E-state index in [2.05, 4.69) is 23.6 Å². The first-order chi connectivity index (χ1) is 8.14. The van der Waals surface area contributed by atoms with Gasteiger partial charge >= 0.3 is 0 Å². The minimum Gasteiger partial charge on any atom is -0.276 e. The Balaban J connectivity index is 1.91. The second kappa shape index (κ2) is 5.19. The van der Waals surface area contributed by atoms with E-state index in [1.54, 1.807) is 0 Å². The molecule has 3 N–H and O–H groups in total. The number of hydrogen-bond donors (Lipinski definition) is 2. The van der Waals surface area contributed by atoms with Crippen LogP contribution in [0.4, 0.5) is 0 Å². The lowest BCUT2D eigenvalue weighted by Crippen LogP contribution is -2.46. The highest BCUT2D eigenvalue weighted by atomic mass is 15.2. The molecule has 0 radical (unpaired) electrons. The van der Waals surface area contributed by atoms with Crippen LogP contribution in [0.1, 0.15) is 44.6 Å². The van der Waals surface area contributed by atoms with E-state index >= 15 is 0 Å². The van der Waals surface area contributed by atoms with Crippen molar-refractivity contribution in [3.8, 4) is 0 Å². The van der Waals surface area contributed by atoms with Gasteiger partial charge in [0.2, 0.25) is 0 Å². The smallest absolute Gasteiger partial charge is 0.0521 e. The van der Waals surface area contributed by atoms with Crippen molar-refractivity contribution in [2.45, 2.75) is 51.5 Å². The van der Waals surface area contributed by atoms with Crippen molar-refractivity contribution in [2.75, 3.05) is 0 Å². The normalized spacial score (nSPS) is 20.6. The Hall–Kier alpha value is -0.870. The van der Waals surface area contributed by atoms with Crippen molar-refractivity contribution < 1.29 is 0 Å². The van der Waals surface area contributed by atoms with E-state index in [0.29, 0.717) is 11.5 Å². The van der Waals surface area contributed by atoms with Crippen molar-refractivity contribution in [2.24, 2.45) is 18.3 Å². The average Bonchev–Trinajstić information content (AvgIpc) is 2.89. The summed E-state index contributed by atoms with van der Waals surface area (Å²) in [5, 5.41) is 4.20. The van der Waals surface area contributed by atoms with Gasteiger partial charge in [0.25, 0.3) is 0 Å². The third-order valence-corrected chi connectivity index (χ3v) is 4.27. The van der Waals surface area contributed by atoms with Crippen molar-refractivity contribution >= 4 is 0 Å². The predicted molar refractivity (Wildman–Crippen MR) is 69.2 cm³/mol. The van der Waals surface area contributed by atoms with Crippen LogP contribution < -0.4 is 11.3 Å². The van der Waals surface area contributed by atoms with Crippen LogP contribution in [-0.2, 0) is 13.5 Å². The van der Waals surface area contributed by atoms with Crippen LogP contribution in [0.25, 0.3) is 0 Å². The number of aromatic nitrogens is 2. The SMILES string of the molecule is Cn1cc(CCC(NN)C2(C)CCCC2)cn1. The second-order valence-electron chi connectivity index (χ2n) is 5.64. The van der Waals surface area contributed by atoms with Gasteiger partial charge in [-0.1, -0.05) is 19.8 Å². The van der Waals surface area contributed by atoms with Crippen LogP contribution in [0.15, 0.2) is 12.4 Å². The Morgan fingerprint density at radius 1 is 1.53 bits per heavy atom. The first-order valence-corrected chi connectivity index (χ1v) is 6.58.